The Morgan fingerprint density at radius 1 is 1.33 bits per heavy atom. The minimum Gasteiger partial charge on any atom is -0.481 e. The molecule has 0 radical (unpaired) electrons. The zero-order chi connectivity index (χ0) is 17.5. The number of aliphatic carboxylic acids is 1. The molecule has 0 bridgehead atoms. The van der Waals surface area contributed by atoms with Gasteiger partial charge < -0.3 is 9.84 Å². The van der Waals surface area contributed by atoms with Crippen molar-refractivity contribution >= 4 is 22.6 Å². The van der Waals surface area contributed by atoms with Crippen molar-refractivity contribution in [2.75, 3.05) is 7.11 Å². The van der Waals surface area contributed by atoms with Crippen LogP contribution in [0.15, 0.2) is 18.2 Å². The summed E-state index contributed by atoms with van der Waals surface area (Å²) in [5.74, 6) is -2.27. The van der Waals surface area contributed by atoms with E-state index in [1.54, 1.807) is 6.07 Å². The van der Waals surface area contributed by atoms with Crippen LogP contribution in [0, 0.1) is 0 Å². The number of benzene rings is 1. The van der Waals surface area contributed by atoms with Gasteiger partial charge in [-0.1, -0.05) is 6.07 Å². The van der Waals surface area contributed by atoms with Gasteiger partial charge in [0.25, 0.3) is 5.88 Å². The van der Waals surface area contributed by atoms with Crippen LogP contribution >= 0.6 is 0 Å². The van der Waals surface area contributed by atoms with Crippen LogP contribution in [0.1, 0.15) is 17.8 Å². The van der Waals surface area contributed by atoms with Gasteiger partial charge in [-0.25, -0.2) is 4.98 Å². The van der Waals surface area contributed by atoms with Crippen LogP contribution < -0.4 is 4.74 Å². The highest BCUT2D eigenvalue weighted by molar-refractivity contribution is 5.80. The number of aryl methyl sites for hydroxylation is 1. The largest absolute Gasteiger partial charge is 0.481 e. The molecular formula is C14H11F3N4O3. The van der Waals surface area contributed by atoms with Gasteiger partial charge in [-0.3, -0.25) is 9.20 Å². The lowest BCUT2D eigenvalue weighted by Gasteiger charge is -2.10. The smallest absolute Gasteiger partial charge is 0.452 e. The van der Waals surface area contributed by atoms with Crippen LogP contribution in [-0.2, 0) is 17.4 Å². The van der Waals surface area contributed by atoms with E-state index in [0.717, 1.165) is 4.40 Å². The van der Waals surface area contributed by atoms with E-state index in [0.29, 0.717) is 5.56 Å². The number of aromatic nitrogens is 4. The van der Waals surface area contributed by atoms with Gasteiger partial charge in [0.05, 0.1) is 18.1 Å². The predicted molar refractivity (Wildman–Crippen MR) is 75.8 cm³/mol. The summed E-state index contributed by atoms with van der Waals surface area (Å²) >= 11 is 0. The zero-order valence-corrected chi connectivity index (χ0v) is 12.3. The number of methoxy groups -OCH3 is 1. The molecule has 0 amide bonds. The first-order chi connectivity index (χ1) is 11.3. The Hall–Kier alpha value is -2.91. The van der Waals surface area contributed by atoms with E-state index in [2.05, 4.69) is 15.2 Å². The maximum atomic E-state index is 13.2. The van der Waals surface area contributed by atoms with E-state index in [1.165, 1.54) is 19.2 Å². The van der Waals surface area contributed by atoms with E-state index >= 15 is 0 Å². The summed E-state index contributed by atoms with van der Waals surface area (Å²) in [6.45, 7) is 0. The lowest BCUT2D eigenvalue weighted by Crippen LogP contribution is -2.12. The highest BCUT2D eigenvalue weighted by Crippen LogP contribution is 2.32. The van der Waals surface area contributed by atoms with Gasteiger partial charge in [0.2, 0.25) is 11.5 Å². The zero-order valence-electron chi connectivity index (χ0n) is 12.3. The summed E-state index contributed by atoms with van der Waals surface area (Å²) in [6, 6.07) is 4.58. The summed E-state index contributed by atoms with van der Waals surface area (Å²) < 4.78 is 45.4. The maximum absolute atomic E-state index is 13.2. The molecule has 0 aliphatic heterocycles. The normalized spacial score (nSPS) is 12.0. The fourth-order valence-corrected chi connectivity index (χ4v) is 2.38. The number of carbonyl (C=O) groups is 1. The van der Waals surface area contributed by atoms with E-state index in [-0.39, 0.29) is 35.4 Å². The second-order valence-corrected chi connectivity index (χ2v) is 5.02. The Labute approximate surface area is 132 Å². The number of halogens is 3. The standard InChI is InChI=1S/C14H11F3N4O3/c1-24-12-11-19-20-13(14(15,16)17)21(11)9-6-7(3-5-10(22)23)2-4-8(9)18-12/h2,4,6H,3,5H2,1H3,(H,22,23). The molecule has 0 spiro atoms. The first-order valence-electron chi connectivity index (χ1n) is 6.82. The third-order valence-electron chi connectivity index (χ3n) is 3.43. The number of carboxylic acids is 1. The number of carboxylic acid groups (broad SMARTS) is 1. The third-order valence-corrected chi connectivity index (χ3v) is 3.43. The lowest BCUT2D eigenvalue weighted by molar-refractivity contribution is -0.145. The van der Waals surface area contributed by atoms with Crippen LogP contribution in [0.4, 0.5) is 13.2 Å². The molecule has 2 heterocycles. The van der Waals surface area contributed by atoms with E-state index in [4.69, 9.17) is 9.84 Å². The Morgan fingerprint density at radius 2 is 2.08 bits per heavy atom. The Bertz CT molecular complexity index is 936. The van der Waals surface area contributed by atoms with Gasteiger partial charge in [0, 0.05) is 6.42 Å². The number of ether oxygens (including phenoxy) is 1. The van der Waals surface area contributed by atoms with Gasteiger partial charge in [-0.15, -0.1) is 10.2 Å². The molecule has 0 unspecified atom stereocenters. The fraction of sp³-hybridized carbons (Fsp3) is 0.286. The molecule has 0 atom stereocenters. The van der Waals surface area contributed by atoms with Crippen molar-refractivity contribution in [3.8, 4) is 5.88 Å². The summed E-state index contributed by atoms with van der Waals surface area (Å²) in [6.07, 6.45) is -4.66. The third kappa shape index (κ3) is 2.70. The summed E-state index contributed by atoms with van der Waals surface area (Å²) in [7, 11) is 1.28. The summed E-state index contributed by atoms with van der Waals surface area (Å²) in [4.78, 5) is 14.8. The van der Waals surface area contributed by atoms with Crippen LogP contribution in [0.3, 0.4) is 0 Å². The number of hydrogen-bond acceptors (Lipinski definition) is 5. The van der Waals surface area contributed by atoms with E-state index in [1.807, 2.05) is 0 Å². The fourth-order valence-electron chi connectivity index (χ4n) is 2.38. The predicted octanol–water partition coefficient (Wildman–Crippen LogP) is 2.32. The molecule has 2 aromatic heterocycles. The number of nitrogens with zero attached hydrogens (tertiary/aromatic N) is 4. The lowest BCUT2D eigenvalue weighted by atomic mass is 10.1. The number of hydrogen-bond donors (Lipinski definition) is 1. The highest BCUT2D eigenvalue weighted by Gasteiger charge is 2.38. The van der Waals surface area contributed by atoms with Crippen molar-refractivity contribution in [2.45, 2.75) is 19.0 Å². The molecule has 0 saturated carbocycles. The number of rotatable bonds is 4. The summed E-state index contributed by atoms with van der Waals surface area (Å²) in [5.41, 5.74) is 0.794. The molecule has 7 nitrogen and oxygen atoms in total. The molecule has 10 heteroatoms. The first-order valence-corrected chi connectivity index (χ1v) is 6.82. The average molecular weight is 340 g/mol. The van der Waals surface area contributed by atoms with Crippen LogP contribution in [-0.4, -0.2) is 37.8 Å². The molecule has 0 saturated heterocycles. The first kappa shape index (κ1) is 16.0. The Balaban J connectivity index is 2.29. The van der Waals surface area contributed by atoms with Crippen molar-refractivity contribution in [1.29, 1.82) is 0 Å². The van der Waals surface area contributed by atoms with E-state index < -0.39 is 18.0 Å². The quantitative estimate of drug-likeness (QED) is 0.784. The van der Waals surface area contributed by atoms with Crippen molar-refractivity contribution in [3.63, 3.8) is 0 Å². The van der Waals surface area contributed by atoms with Crippen LogP contribution in [0.5, 0.6) is 5.88 Å². The molecule has 1 aromatic carbocycles. The van der Waals surface area contributed by atoms with Crippen molar-refractivity contribution in [2.24, 2.45) is 0 Å². The molecule has 0 aliphatic carbocycles. The Morgan fingerprint density at radius 3 is 2.71 bits per heavy atom. The average Bonchev–Trinajstić information content (AvgIpc) is 2.97. The minimum absolute atomic E-state index is 0.0798. The molecule has 0 fully saturated rings. The van der Waals surface area contributed by atoms with E-state index in [9.17, 15) is 18.0 Å². The van der Waals surface area contributed by atoms with Gasteiger partial charge in [-0.05, 0) is 24.1 Å². The van der Waals surface area contributed by atoms with Crippen molar-refractivity contribution < 1.29 is 27.8 Å². The molecule has 3 aromatic rings. The monoisotopic (exact) mass is 340 g/mol. The van der Waals surface area contributed by atoms with Gasteiger partial charge >= 0.3 is 12.1 Å². The Kier molecular flexibility index (Phi) is 3.74. The van der Waals surface area contributed by atoms with Crippen molar-refractivity contribution in [1.82, 2.24) is 19.6 Å². The molecule has 3 rings (SSSR count). The van der Waals surface area contributed by atoms with Crippen LogP contribution in [0.2, 0.25) is 0 Å². The second kappa shape index (κ2) is 5.62. The highest BCUT2D eigenvalue weighted by atomic mass is 19.4. The van der Waals surface area contributed by atoms with Crippen molar-refractivity contribution in [3.05, 3.63) is 29.6 Å². The molecule has 1 N–H and O–H groups in total. The molecular weight excluding hydrogens is 329 g/mol. The van der Waals surface area contributed by atoms with Gasteiger partial charge in [0.1, 0.15) is 0 Å². The maximum Gasteiger partial charge on any atom is 0.452 e. The molecule has 126 valence electrons. The minimum atomic E-state index is -4.71. The SMILES string of the molecule is COc1nc2ccc(CCC(=O)O)cc2n2c(C(F)(F)F)nnc12. The van der Waals surface area contributed by atoms with Gasteiger partial charge in [0.15, 0.2) is 0 Å². The second-order valence-electron chi connectivity index (χ2n) is 5.02. The topological polar surface area (TPSA) is 89.6 Å². The summed E-state index contributed by atoms with van der Waals surface area (Å²) in [5, 5.41) is 15.5. The molecule has 0 aliphatic rings. The molecule has 24 heavy (non-hydrogen) atoms. The van der Waals surface area contributed by atoms with Crippen LogP contribution in [0.25, 0.3) is 16.7 Å². The number of alkyl halides is 3. The number of fused-ring (bicyclic) bond motifs is 3. The van der Waals surface area contributed by atoms with Gasteiger partial charge in [-0.2, -0.15) is 13.2 Å².